The Kier molecular flexibility index (Phi) is 9.34. The summed E-state index contributed by atoms with van der Waals surface area (Å²) in [5, 5.41) is 0. The van der Waals surface area contributed by atoms with E-state index in [0.29, 0.717) is 26.0 Å². The van der Waals surface area contributed by atoms with Crippen LogP contribution in [-0.2, 0) is 13.3 Å². The summed E-state index contributed by atoms with van der Waals surface area (Å²) in [4.78, 5) is 7.29. The Hall–Kier alpha value is -0.273. The Morgan fingerprint density at radius 3 is 2.14 bits per heavy atom. The first-order valence-corrected chi connectivity index (χ1v) is 10.3. The smallest absolute Gasteiger partial charge is 0.373 e. The molecule has 6 heteroatoms. The standard InChI is InChI=1S/C15H32N2O3Si/c1-5-17-12-10-9-11-15(13-17)16-14-21(18-6-2,19-7-3)20-8-4/h5-14H2,1-4H3. The molecule has 0 aromatic rings. The first-order valence-electron chi connectivity index (χ1n) is 8.36. The van der Waals surface area contributed by atoms with Crippen LogP contribution in [0.5, 0.6) is 0 Å². The highest BCUT2D eigenvalue weighted by Gasteiger charge is 2.40. The van der Waals surface area contributed by atoms with E-state index in [2.05, 4.69) is 11.8 Å². The zero-order chi connectivity index (χ0) is 15.6. The molecule has 1 aliphatic heterocycles. The molecule has 0 spiro atoms. The fraction of sp³-hybridized carbons (Fsp3) is 0.933. The molecule has 124 valence electrons. The predicted octanol–water partition coefficient (Wildman–Crippen LogP) is 2.52. The third kappa shape index (κ3) is 6.57. The molecule has 0 atom stereocenters. The average Bonchev–Trinajstić information content (AvgIpc) is 2.71. The molecular formula is C15H32N2O3Si. The quantitative estimate of drug-likeness (QED) is 0.613. The van der Waals surface area contributed by atoms with Crippen LogP contribution in [0.2, 0.25) is 0 Å². The Morgan fingerprint density at radius 1 is 1.00 bits per heavy atom. The fourth-order valence-corrected chi connectivity index (χ4v) is 4.87. The molecular weight excluding hydrogens is 284 g/mol. The van der Waals surface area contributed by atoms with E-state index in [1.165, 1.54) is 25.1 Å². The van der Waals surface area contributed by atoms with Crippen LogP contribution >= 0.6 is 0 Å². The van der Waals surface area contributed by atoms with Gasteiger partial charge in [0, 0.05) is 32.1 Å². The van der Waals surface area contributed by atoms with Gasteiger partial charge in [-0.05, 0) is 53.1 Å². The molecule has 0 aromatic carbocycles. The van der Waals surface area contributed by atoms with Gasteiger partial charge in [0.1, 0.15) is 6.17 Å². The molecule has 21 heavy (non-hydrogen) atoms. The van der Waals surface area contributed by atoms with Gasteiger partial charge in [0.15, 0.2) is 0 Å². The number of hydrogen-bond acceptors (Lipinski definition) is 5. The molecule has 0 radical (unpaired) electrons. The van der Waals surface area contributed by atoms with Gasteiger partial charge in [-0.1, -0.05) is 6.92 Å². The van der Waals surface area contributed by atoms with Gasteiger partial charge in [0.2, 0.25) is 0 Å². The molecule has 1 saturated heterocycles. The number of aliphatic imine (C=N–C) groups is 1. The topological polar surface area (TPSA) is 43.3 Å². The lowest BCUT2D eigenvalue weighted by molar-refractivity contribution is 0.0729. The molecule has 5 nitrogen and oxygen atoms in total. The number of likely N-dealkylation sites (tertiary alicyclic amines) is 1. The highest BCUT2D eigenvalue weighted by Crippen LogP contribution is 2.13. The lowest BCUT2D eigenvalue weighted by Gasteiger charge is -2.27. The van der Waals surface area contributed by atoms with E-state index in [1.807, 2.05) is 20.8 Å². The first kappa shape index (κ1) is 18.8. The fourth-order valence-electron chi connectivity index (χ4n) is 2.61. The molecule has 1 heterocycles. The third-order valence-corrected chi connectivity index (χ3v) is 6.36. The minimum atomic E-state index is -2.63. The lowest BCUT2D eigenvalue weighted by Crippen LogP contribution is -2.50. The summed E-state index contributed by atoms with van der Waals surface area (Å²) in [6, 6.07) is 0. The molecule has 0 saturated carbocycles. The van der Waals surface area contributed by atoms with Crippen molar-refractivity contribution in [1.29, 1.82) is 0 Å². The molecule has 0 bridgehead atoms. The monoisotopic (exact) mass is 316 g/mol. The normalized spacial score (nSPS) is 19.9. The Labute approximate surface area is 131 Å². The van der Waals surface area contributed by atoms with Gasteiger partial charge in [-0.2, -0.15) is 0 Å². The lowest BCUT2D eigenvalue weighted by atomic mass is 10.2. The summed E-state index contributed by atoms with van der Waals surface area (Å²) in [5.74, 6) is 0. The van der Waals surface area contributed by atoms with Crippen LogP contribution in [0.15, 0.2) is 4.99 Å². The van der Waals surface area contributed by atoms with Crippen molar-refractivity contribution in [1.82, 2.24) is 4.90 Å². The van der Waals surface area contributed by atoms with E-state index in [9.17, 15) is 0 Å². The minimum absolute atomic E-state index is 0.551. The average molecular weight is 317 g/mol. The van der Waals surface area contributed by atoms with Crippen LogP contribution in [0.3, 0.4) is 0 Å². The van der Waals surface area contributed by atoms with Crippen molar-refractivity contribution in [2.24, 2.45) is 4.99 Å². The zero-order valence-electron chi connectivity index (χ0n) is 14.2. The number of rotatable bonds is 9. The summed E-state index contributed by atoms with van der Waals surface area (Å²) in [5.41, 5.74) is 1.27. The maximum absolute atomic E-state index is 5.86. The van der Waals surface area contributed by atoms with E-state index in [1.54, 1.807) is 0 Å². The highest BCUT2D eigenvalue weighted by atomic mass is 28.4. The van der Waals surface area contributed by atoms with E-state index in [4.69, 9.17) is 18.3 Å². The Balaban J connectivity index is 2.73. The molecule has 0 aliphatic carbocycles. The van der Waals surface area contributed by atoms with Crippen molar-refractivity contribution in [2.75, 3.05) is 45.6 Å². The minimum Gasteiger partial charge on any atom is -0.373 e. The largest absolute Gasteiger partial charge is 0.523 e. The van der Waals surface area contributed by atoms with Crippen molar-refractivity contribution in [3.8, 4) is 0 Å². The summed E-state index contributed by atoms with van der Waals surface area (Å²) in [6.07, 6.45) is 4.13. The van der Waals surface area contributed by atoms with Gasteiger partial charge in [0.25, 0.3) is 0 Å². The predicted molar refractivity (Wildman–Crippen MR) is 88.9 cm³/mol. The van der Waals surface area contributed by atoms with Crippen LogP contribution < -0.4 is 0 Å². The number of hydrogen-bond donors (Lipinski definition) is 0. The van der Waals surface area contributed by atoms with Gasteiger partial charge >= 0.3 is 8.80 Å². The SMILES string of the molecule is CCO[Si](CN=C1CCCCN(CC)C1)(OCC)OCC. The molecule has 1 aliphatic rings. The second kappa shape index (κ2) is 10.5. The number of nitrogens with zero attached hydrogens (tertiary/aromatic N) is 2. The van der Waals surface area contributed by atoms with Crippen LogP contribution in [0.25, 0.3) is 0 Å². The van der Waals surface area contributed by atoms with E-state index in [-0.39, 0.29) is 0 Å². The van der Waals surface area contributed by atoms with Crippen molar-refractivity contribution >= 4 is 14.5 Å². The van der Waals surface area contributed by atoms with Crippen molar-refractivity contribution < 1.29 is 13.3 Å². The van der Waals surface area contributed by atoms with Crippen molar-refractivity contribution in [3.63, 3.8) is 0 Å². The summed E-state index contributed by atoms with van der Waals surface area (Å²) in [7, 11) is -2.63. The third-order valence-electron chi connectivity index (χ3n) is 3.63. The molecule has 1 fully saturated rings. The van der Waals surface area contributed by atoms with Gasteiger partial charge in [-0.25, -0.2) is 0 Å². The van der Waals surface area contributed by atoms with Crippen LogP contribution in [0, 0.1) is 0 Å². The summed E-state index contributed by atoms with van der Waals surface area (Å²) < 4.78 is 17.6. The van der Waals surface area contributed by atoms with Crippen LogP contribution in [0.1, 0.15) is 47.0 Å². The second-order valence-corrected chi connectivity index (χ2v) is 7.74. The van der Waals surface area contributed by atoms with Gasteiger partial charge in [-0.3, -0.25) is 9.89 Å². The van der Waals surface area contributed by atoms with Crippen LogP contribution in [-0.4, -0.2) is 65.0 Å². The van der Waals surface area contributed by atoms with Crippen molar-refractivity contribution in [2.45, 2.75) is 47.0 Å². The van der Waals surface area contributed by atoms with E-state index in [0.717, 1.165) is 19.5 Å². The maximum atomic E-state index is 5.86. The van der Waals surface area contributed by atoms with Gasteiger partial charge in [-0.15, -0.1) is 0 Å². The Bertz CT molecular complexity index is 296. The first-order chi connectivity index (χ1) is 10.2. The molecule has 0 unspecified atom stereocenters. The maximum Gasteiger partial charge on any atom is 0.523 e. The molecule has 0 amide bonds. The second-order valence-electron chi connectivity index (χ2n) is 5.19. The summed E-state index contributed by atoms with van der Waals surface area (Å²) >= 11 is 0. The summed E-state index contributed by atoms with van der Waals surface area (Å²) in [6.45, 7) is 13.2. The highest BCUT2D eigenvalue weighted by molar-refractivity contribution is 6.61. The van der Waals surface area contributed by atoms with Gasteiger partial charge < -0.3 is 13.3 Å². The molecule has 0 aromatic heterocycles. The molecule has 1 rings (SSSR count). The molecule has 0 N–H and O–H groups in total. The van der Waals surface area contributed by atoms with E-state index >= 15 is 0 Å². The van der Waals surface area contributed by atoms with Crippen LogP contribution in [0.4, 0.5) is 0 Å². The van der Waals surface area contributed by atoms with E-state index < -0.39 is 8.80 Å². The zero-order valence-corrected chi connectivity index (χ0v) is 15.2. The Morgan fingerprint density at radius 2 is 1.62 bits per heavy atom. The van der Waals surface area contributed by atoms with Gasteiger partial charge in [0.05, 0.1) is 0 Å². The van der Waals surface area contributed by atoms with Crippen molar-refractivity contribution in [3.05, 3.63) is 0 Å².